The molecule has 1 aliphatic carbocycles. The largest absolute Gasteiger partial charge is 0.330 e. The summed E-state index contributed by atoms with van der Waals surface area (Å²) in [5.41, 5.74) is 1.75. The van der Waals surface area contributed by atoms with E-state index in [4.69, 9.17) is 0 Å². The van der Waals surface area contributed by atoms with Crippen LogP contribution in [0.15, 0.2) is 42.6 Å². The van der Waals surface area contributed by atoms with Gasteiger partial charge in [-0.1, -0.05) is 43.2 Å². The van der Waals surface area contributed by atoms with Gasteiger partial charge in [0.1, 0.15) is 5.82 Å². The molecule has 2 fully saturated rings. The predicted octanol–water partition coefficient (Wildman–Crippen LogP) is 3.00. The van der Waals surface area contributed by atoms with Crippen molar-refractivity contribution in [1.29, 1.82) is 0 Å². The fourth-order valence-electron chi connectivity index (χ4n) is 3.96. The Balaban J connectivity index is 1.46. The van der Waals surface area contributed by atoms with E-state index in [0.717, 1.165) is 31.2 Å². The first kappa shape index (κ1) is 17.6. The zero-order chi connectivity index (χ0) is 18.8. The Kier molecular flexibility index (Phi) is 4.88. The minimum atomic E-state index is -0.554. The summed E-state index contributed by atoms with van der Waals surface area (Å²) in [5, 5.41) is 0. The first-order chi connectivity index (χ1) is 13.1. The molecular formula is C21H22FN3O2. The van der Waals surface area contributed by atoms with Gasteiger partial charge in [-0.15, -0.1) is 0 Å². The van der Waals surface area contributed by atoms with Crippen molar-refractivity contribution >= 4 is 11.8 Å². The van der Waals surface area contributed by atoms with E-state index in [9.17, 15) is 14.0 Å². The van der Waals surface area contributed by atoms with Crippen molar-refractivity contribution in [3.05, 3.63) is 54.1 Å². The van der Waals surface area contributed by atoms with E-state index in [0.29, 0.717) is 18.7 Å². The van der Waals surface area contributed by atoms with Crippen molar-refractivity contribution in [1.82, 2.24) is 14.8 Å². The predicted molar refractivity (Wildman–Crippen MR) is 99.0 cm³/mol. The smallest absolute Gasteiger partial charge is 0.312 e. The van der Waals surface area contributed by atoms with Gasteiger partial charge in [0.2, 0.25) is 0 Å². The van der Waals surface area contributed by atoms with Gasteiger partial charge in [-0.2, -0.15) is 0 Å². The normalized spacial score (nSPS) is 18.4. The highest BCUT2D eigenvalue weighted by Gasteiger charge is 2.37. The second-order valence-electron chi connectivity index (χ2n) is 7.18. The van der Waals surface area contributed by atoms with E-state index < -0.39 is 17.6 Å². The highest BCUT2D eigenvalue weighted by Crippen LogP contribution is 2.26. The number of rotatable bonds is 4. The van der Waals surface area contributed by atoms with Crippen LogP contribution in [0.3, 0.4) is 0 Å². The number of hydrogen-bond acceptors (Lipinski definition) is 3. The van der Waals surface area contributed by atoms with Crippen molar-refractivity contribution in [2.45, 2.75) is 38.3 Å². The molecule has 1 aromatic carbocycles. The van der Waals surface area contributed by atoms with Crippen molar-refractivity contribution < 1.29 is 14.0 Å². The average molecular weight is 367 g/mol. The number of pyridine rings is 1. The Morgan fingerprint density at radius 1 is 1.00 bits per heavy atom. The Labute approximate surface area is 157 Å². The molecule has 1 saturated carbocycles. The van der Waals surface area contributed by atoms with Gasteiger partial charge < -0.3 is 9.80 Å². The molecule has 2 aromatic rings. The summed E-state index contributed by atoms with van der Waals surface area (Å²) in [5.74, 6) is -1.48. The maximum Gasteiger partial charge on any atom is 0.312 e. The summed E-state index contributed by atoms with van der Waals surface area (Å²) in [4.78, 5) is 32.3. The zero-order valence-electron chi connectivity index (χ0n) is 15.1. The molecule has 1 aromatic heterocycles. The molecule has 0 radical (unpaired) electrons. The van der Waals surface area contributed by atoms with Gasteiger partial charge in [0.15, 0.2) is 0 Å². The minimum Gasteiger partial charge on any atom is -0.330 e. The van der Waals surface area contributed by atoms with Crippen molar-refractivity contribution in [2.24, 2.45) is 0 Å². The fraction of sp³-hybridized carbons (Fsp3) is 0.381. The summed E-state index contributed by atoms with van der Waals surface area (Å²) in [6.07, 6.45) is 5.76. The van der Waals surface area contributed by atoms with Crippen LogP contribution in [0.25, 0.3) is 11.1 Å². The number of piperazine rings is 1. The number of benzene rings is 1. The molecule has 0 unspecified atom stereocenters. The summed E-state index contributed by atoms with van der Waals surface area (Å²) in [7, 11) is 0. The van der Waals surface area contributed by atoms with Crippen LogP contribution in [0.2, 0.25) is 0 Å². The summed E-state index contributed by atoms with van der Waals surface area (Å²) >= 11 is 0. The third kappa shape index (κ3) is 3.56. The first-order valence-corrected chi connectivity index (χ1v) is 9.43. The van der Waals surface area contributed by atoms with E-state index in [2.05, 4.69) is 4.98 Å². The maximum absolute atomic E-state index is 14.5. The molecule has 1 saturated heterocycles. The summed E-state index contributed by atoms with van der Waals surface area (Å²) < 4.78 is 14.5. The monoisotopic (exact) mass is 367 g/mol. The number of aromatic nitrogens is 1. The van der Waals surface area contributed by atoms with E-state index in [1.807, 2.05) is 30.3 Å². The number of carbonyl (C=O) groups excluding carboxylic acids is 2. The van der Waals surface area contributed by atoms with Gasteiger partial charge >= 0.3 is 11.8 Å². The molecule has 4 rings (SSSR count). The van der Waals surface area contributed by atoms with Crippen LogP contribution in [0.4, 0.5) is 4.39 Å². The van der Waals surface area contributed by atoms with E-state index in [1.165, 1.54) is 11.0 Å². The zero-order valence-corrected chi connectivity index (χ0v) is 15.1. The topological polar surface area (TPSA) is 53.5 Å². The van der Waals surface area contributed by atoms with E-state index >= 15 is 0 Å². The summed E-state index contributed by atoms with van der Waals surface area (Å²) in [6.45, 7) is 0.950. The third-order valence-corrected chi connectivity index (χ3v) is 5.47. The van der Waals surface area contributed by atoms with Crippen LogP contribution in [0, 0.1) is 5.82 Å². The van der Waals surface area contributed by atoms with Gasteiger partial charge in [0.05, 0.1) is 12.2 Å². The molecule has 0 atom stereocenters. The molecule has 2 heterocycles. The summed E-state index contributed by atoms with van der Waals surface area (Å²) in [6, 6.07) is 11.1. The Bertz CT molecular complexity index is 850. The molecule has 2 amide bonds. The molecule has 6 heteroatoms. The number of nitrogens with zero attached hydrogens (tertiary/aromatic N) is 3. The number of amides is 2. The number of hydrogen-bond donors (Lipinski definition) is 0. The van der Waals surface area contributed by atoms with Crippen molar-refractivity contribution in [3.63, 3.8) is 0 Å². The highest BCUT2D eigenvalue weighted by atomic mass is 19.1. The lowest BCUT2D eigenvalue weighted by atomic mass is 10.1. The molecule has 0 N–H and O–H groups in total. The molecule has 0 bridgehead atoms. The number of halogens is 1. The van der Waals surface area contributed by atoms with Gasteiger partial charge in [-0.25, -0.2) is 4.39 Å². The molecule has 5 nitrogen and oxygen atoms in total. The highest BCUT2D eigenvalue weighted by molar-refractivity contribution is 6.35. The Morgan fingerprint density at radius 2 is 1.74 bits per heavy atom. The lowest BCUT2D eigenvalue weighted by Gasteiger charge is -2.37. The fourth-order valence-corrected chi connectivity index (χ4v) is 3.96. The number of carbonyl (C=O) groups is 2. The molecular weight excluding hydrogens is 345 g/mol. The lowest BCUT2D eigenvalue weighted by Crippen LogP contribution is -2.56. The van der Waals surface area contributed by atoms with Crippen LogP contribution in [-0.4, -0.2) is 45.7 Å². The van der Waals surface area contributed by atoms with Crippen LogP contribution in [-0.2, 0) is 16.1 Å². The van der Waals surface area contributed by atoms with Crippen molar-refractivity contribution in [2.75, 3.05) is 13.1 Å². The second-order valence-corrected chi connectivity index (χ2v) is 7.18. The molecule has 1 aliphatic heterocycles. The molecule has 140 valence electrons. The SMILES string of the molecule is O=C1C(=O)N(C2CCCC2)CCN1Cc1ncc(-c2ccccc2)cc1F. The van der Waals surface area contributed by atoms with Crippen LogP contribution in [0.5, 0.6) is 0 Å². The van der Waals surface area contributed by atoms with Crippen LogP contribution in [0.1, 0.15) is 31.4 Å². The first-order valence-electron chi connectivity index (χ1n) is 9.43. The standard InChI is InChI=1S/C21H22FN3O2/c22-18-12-16(15-6-2-1-3-7-15)13-23-19(18)14-24-10-11-25(21(27)20(24)26)17-8-4-5-9-17/h1-3,6-7,12-13,17H,4-5,8-11,14H2. The van der Waals surface area contributed by atoms with E-state index in [-0.39, 0.29) is 18.3 Å². The van der Waals surface area contributed by atoms with Gasteiger partial charge in [0.25, 0.3) is 0 Å². The second kappa shape index (κ2) is 7.47. The van der Waals surface area contributed by atoms with E-state index in [1.54, 1.807) is 11.1 Å². The third-order valence-electron chi connectivity index (χ3n) is 5.47. The molecule has 2 aliphatic rings. The average Bonchev–Trinajstić information content (AvgIpc) is 3.22. The minimum absolute atomic E-state index is 0.0178. The van der Waals surface area contributed by atoms with Gasteiger partial charge in [-0.3, -0.25) is 14.6 Å². The van der Waals surface area contributed by atoms with Crippen LogP contribution < -0.4 is 0 Å². The Morgan fingerprint density at radius 3 is 2.44 bits per heavy atom. The molecule has 27 heavy (non-hydrogen) atoms. The quantitative estimate of drug-likeness (QED) is 0.781. The maximum atomic E-state index is 14.5. The molecule has 0 spiro atoms. The van der Waals surface area contributed by atoms with Crippen LogP contribution >= 0.6 is 0 Å². The van der Waals surface area contributed by atoms with Gasteiger partial charge in [0, 0.05) is 30.9 Å². The Hall–Kier alpha value is -2.76. The van der Waals surface area contributed by atoms with Gasteiger partial charge in [-0.05, 0) is 24.5 Å². The lowest BCUT2D eigenvalue weighted by molar-refractivity contribution is -0.158. The van der Waals surface area contributed by atoms with Crippen molar-refractivity contribution in [3.8, 4) is 11.1 Å².